The van der Waals surface area contributed by atoms with Gasteiger partial charge in [0.1, 0.15) is 0 Å². The van der Waals surface area contributed by atoms with E-state index in [4.69, 9.17) is 4.74 Å². The Balaban J connectivity index is 2.25. The van der Waals surface area contributed by atoms with Crippen LogP contribution in [0.5, 0.6) is 0 Å². The number of methoxy groups -OCH3 is 1. The summed E-state index contributed by atoms with van der Waals surface area (Å²) in [5.41, 5.74) is 2.18. The van der Waals surface area contributed by atoms with E-state index in [1.807, 2.05) is 27.0 Å². The number of nitrogens with one attached hydrogen (secondary N) is 1. The third-order valence-corrected chi connectivity index (χ3v) is 2.92. The molecule has 19 heavy (non-hydrogen) atoms. The van der Waals surface area contributed by atoms with E-state index >= 15 is 0 Å². The van der Waals surface area contributed by atoms with E-state index in [9.17, 15) is 4.79 Å². The lowest BCUT2D eigenvalue weighted by Gasteiger charge is -2.12. The zero-order valence-electron chi connectivity index (χ0n) is 11.6. The van der Waals surface area contributed by atoms with Crippen molar-refractivity contribution in [3.63, 3.8) is 0 Å². The molecule has 1 atom stereocenters. The van der Waals surface area contributed by atoms with Crippen LogP contribution in [0, 0.1) is 6.92 Å². The van der Waals surface area contributed by atoms with E-state index in [1.54, 1.807) is 18.0 Å². The molecule has 2 aromatic heterocycles. The van der Waals surface area contributed by atoms with Crippen LogP contribution in [0.4, 0.5) is 0 Å². The zero-order chi connectivity index (χ0) is 14.0. The fraction of sp³-hybridized carbons (Fsp3) is 0.462. The Labute approximate surface area is 111 Å². The minimum absolute atomic E-state index is 0.0387. The molecule has 0 saturated heterocycles. The van der Waals surface area contributed by atoms with Gasteiger partial charge in [0.05, 0.1) is 17.9 Å². The standard InChI is InChI=1S/C13H18N4O2/c1-8(7-19-4)15-13(18)10-5-11-9(2)16-17(3)12(11)14-6-10/h5-6,8H,7H2,1-4H3,(H,15,18)/t8-/m1/s1. The number of nitrogens with zero attached hydrogens (tertiary/aromatic N) is 3. The van der Waals surface area contributed by atoms with Gasteiger partial charge < -0.3 is 10.1 Å². The molecule has 2 aromatic rings. The Bertz CT molecular complexity index is 606. The Morgan fingerprint density at radius 1 is 1.58 bits per heavy atom. The first-order valence-corrected chi connectivity index (χ1v) is 6.12. The summed E-state index contributed by atoms with van der Waals surface area (Å²) >= 11 is 0. The van der Waals surface area contributed by atoms with Crippen molar-refractivity contribution in [3.05, 3.63) is 23.5 Å². The largest absolute Gasteiger partial charge is 0.383 e. The highest BCUT2D eigenvalue weighted by Gasteiger charge is 2.13. The summed E-state index contributed by atoms with van der Waals surface area (Å²) in [6.45, 7) is 4.27. The second-order valence-corrected chi connectivity index (χ2v) is 4.63. The molecule has 0 aromatic carbocycles. The van der Waals surface area contributed by atoms with Crippen LogP contribution in [-0.4, -0.2) is 40.4 Å². The highest BCUT2D eigenvalue weighted by atomic mass is 16.5. The van der Waals surface area contributed by atoms with Gasteiger partial charge in [-0.25, -0.2) is 4.98 Å². The molecule has 0 unspecified atom stereocenters. The zero-order valence-corrected chi connectivity index (χ0v) is 11.6. The first kappa shape index (κ1) is 13.5. The molecule has 6 heteroatoms. The number of carbonyl (C=O) groups excluding carboxylic acids is 1. The molecule has 0 fully saturated rings. The number of carbonyl (C=O) groups is 1. The summed E-state index contributed by atoms with van der Waals surface area (Å²) in [6.07, 6.45) is 1.57. The molecule has 0 aliphatic heterocycles. The van der Waals surface area contributed by atoms with Crippen molar-refractivity contribution in [1.82, 2.24) is 20.1 Å². The van der Waals surface area contributed by atoms with Crippen LogP contribution in [0.1, 0.15) is 23.0 Å². The molecule has 0 aliphatic rings. The first-order valence-electron chi connectivity index (χ1n) is 6.12. The van der Waals surface area contributed by atoms with Gasteiger partial charge in [0.15, 0.2) is 5.65 Å². The van der Waals surface area contributed by atoms with E-state index in [1.165, 1.54) is 0 Å². The van der Waals surface area contributed by atoms with Crippen LogP contribution in [0.2, 0.25) is 0 Å². The third-order valence-electron chi connectivity index (χ3n) is 2.92. The second-order valence-electron chi connectivity index (χ2n) is 4.63. The molecule has 0 aliphatic carbocycles. The van der Waals surface area contributed by atoms with Crippen LogP contribution in [0.25, 0.3) is 11.0 Å². The molecule has 1 amide bonds. The number of rotatable bonds is 4. The van der Waals surface area contributed by atoms with Gasteiger partial charge in [-0.1, -0.05) is 0 Å². The molecule has 102 valence electrons. The van der Waals surface area contributed by atoms with Gasteiger partial charge in [-0.3, -0.25) is 9.48 Å². The molecule has 0 saturated carbocycles. The number of aromatic nitrogens is 3. The number of ether oxygens (including phenoxy) is 1. The van der Waals surface area contributed by atoms with E-state index < -0.39 is 0 Å². The maximum absolute atomic E-state index is 12.1. The van der Waals surface area contributed by atoms with Crippen molar-refractivity contribution < 1.29 is 9.53 Å². The molecule has 0 bridgehead atoms. The second kappa shape index (κ2) is 5.36. The summed E-state index contributed by atoms with van der Waals surface area (Å²) in [5.74, 6) is -0.151. The van der Waals surface area contributed by atoms with E-state index in [2.05, 4.69) is 15.4 Å². The van der Waals surface area contributed by atoms with Crippen molar-refractivity contribution in [2.24, 2.45) is 7.05 Å². The van der Waals surface area contributed by atoms with Crippen LogP contribution in [0.15, 0.2) is 12.3 Å². The van der Waals surface area contributed by atoms with Crippen molar-refractivity contribution >= 4 is 16.9 Å². The van der Waals surface area contributed by atoms with Crippen molar-refractivity contribution in [2.45, 2.75) is 19.9 Å². The van der Waals surface area contributed by atoms with Crippen LogP contribution in [-0.2, 0) is 11.8 Å². The Morgan fingerprint density at radius 2 is 2.32 bits per heavy atom. The molecule has 1 N–H and O–H groups in total. The maximum Gasteiger partial charge on any atom is 0.253 e. The third kappa shape index (κ3) is 2.73. The lowest BCUT2D eigenvalue weighted by Crippen LogP contribution is -2.35. The average molecular weight is 262 g/mol. The van der Waals surface area contributed by atoms with Crippen LogP contribution >= 0.6 is 0 Å². The lowest BCUT2D eigenvalue weighted by atomic mass is 10.2. The molecule has 6 nitrogen and oxygen atoms in total. The van der Waals surface area contributed by atoms with Crippen LogP contribution in [0.3, 0.4) is 0 Å². The molecule has 2 rings (SSSR count). The molecule has 0 radical (unpaired) electrons. The number of amides is 1. The normalized spacial score (nSPS) is 12.6. The van der Waals surface area contributed by atoms with Gasteiger partial charge in [0.25, 0.3) is 5.91 Å². The highest BCUT2D eigenvalue weighted by Crippen LogP contribution is 2.16. The van der Waals surface area contributed by atoms with E-state index in [0.717, 1.165) is 16.7 Å². The lowest BCUT2D eigenvalue weighted by molar-refractivity contribution is 0.0905. The number of pyridine rings is 1. The van der Waals surface area contributed by atoms with Crippen molar-refractivity contribution in [2.75, 3.05) is 13.7 Å². The minimum Gasteiger partial charge on any atom is -0.383 e. The molecule has 0 spiro atoms. The van der Waals surface area contributed by atoms with Gasteiger partial charge in [-0.15, -0.1) is 0 Å². The molecular formula is C13H18N4O2. The fourth-order valence-corrected chi connectivity index (χ4v) is 2.03. The monoisotopic (exact) mass is 262 g/mol. The quantitative estimate of drug-likeness (QED) is 0.894. The van der Waals surface area contributed by atoms with E-state index in [0.29, 0.717) is 12.2 Å². The fourth-order valence-electron chi connectivity index (χ4n) is 2.03. The topological polar surface area (TPSA) is 69.0 Å². The van der Waals surface area contributed by atoms with Gasteiger partial charge in [-0.05, 0) is 19.9 Å². The Kier molecular flexibility index (Phi) is 3.80. The Morgan fingerprint density at radius 3 is 3.00 bits per heavy atom. The summed E-state index contributed by atoms with van der Waals surface area (Å²) < 4.78 is 6.70. The van der Waals surface area contributed by atoms with Crippen molar-refractivity contribution in [1.29, 1.82) is 0 Å². The maximum atomic E-state index is 12.1. The van der Waals surface area contributed by atoms with Gasteiger partial charge in [-0.2, -0.15) is 5.10 Å². The van der Waals surface area contributed by atoms with Gasteiger partial charge in [0, 0.05) is 31.8 Å². The average Bonchev–Trinajstić information content (AvgIpc) is 2.65. The van der Waals surface area contributed by atoms with Crippen molar-refractivity contribution in [3.8, 4) is 0 Å². The van der Waals surface area contributed by atoms with Crippen LogP contribution < -0.4 is 5.32 Å². The molecule has 2 heterocycles. The smallest absolute Gasteiger partial charge is 0.253 e. The summed E-state index contributed by atoms with van der Waals surface area (Å²) in [6, 6.07) is 1.78. The number of hydrogen-bond acceptors (Lipinski definition) is 4. The summed E-state index contributed by atoms with van der Waals surface area (Å²) in [4.78, 5) is 16.3. The van der Waals surface area contributed by atoms with Gasteiger partial charge in [0.2, 0.25) is 0 Å². The SMILES string of the molecule is COC[C@@H](C)NC(=O)c1cnc2c(c1)c(C)nn2C. The summed E-state index contributed by atoms with van der Waals surface area (Å²) in [7, 11) is 3.44. The predicted molar refractivity (Wildman–Crippen MR) is 72.1 cm³/mol. The van der Waals surface area contributed by atoms with Gasteiger partial charge >= 0.3 is 0 Å². The minimum atomic E-state index is -0.151. The predicted octanol–water partition coefficient (Wildman–Crippen LogP) is 1.04. The number of fused-ring (bicyclic) bond motifs is 1. The summed E-state index contributed by atoms with van der Waals surface area (Å²) in [5, 5.41) is 8.04. The number of hydrogen-bond donors (Lipinski definition) is 1. The van der Waals surface area contributed by atoms with E-state index in [-0.39, 0.29) is 11.9 Å². The Hall–Kier alpha value is -1.95. The first-order chi connectivity index (χ1) is 9.02. The highest BCUT2D eigenvalue weighted by molar-refractivity contribution is 5.97. The number of aryl methyl sites for hydroxylation is 2. The molecular weight excluding hydrogens is 244 g/mol.